The molecule has 1 aromatic rings. The maximum absolute atomic E-state index is 11.7. The minimum absolute atomic E-state index is 0. The smallest absolute Gasteiger partial charge is 0.228 e. The number of carbonyl (C=O) groups is 1. The molecular formula is C13H21ClN2O. The van der Waals surface area contributed by atoms with Crippen LogP contribution in [0.2, 0.25) is 0 Å². The van der Waals surface area contributed by atoms with Crippen LogP contribution in [0.3, 0.4) is 0 Å². The lowest BCUT2D eigenvalue weighted by Gasteiger charge is -2.12. The molecule has 0 saturated carbocycles. The summed E-state index contributed by atoms with van der Waals surface area (Å²) in [5, 5.41) is 5.91. The van der Waals surface area contributed by atoms with Gasteiger partial charge < -0.3 is 10.6 Å². The molecule has 0 aliphatic heterocycles. The molecule has 96 valence electrons. The van der Waals surface area contributed by atoms with Crippen molar-refractivity contribution in [3.63, 3.8) is 0 Å². The Morgan fingerprint density at radius 2 is 1.94 bits per heavy atom. The molecule has 1 amide bonds. The second-order valence-electron chi connectivity index (χ2n) is 4.25. The molecule has 0 aromatic heterocycles. The van der Waals surface area contributed by atoms with E-state index in [0.717, 1.165) is 5.69 Å². The molecule has 0 heterocycles. The summed E-state index contributed by atoms with van der Waals surface area (Å²) in [6, 6.07) is 5.96. The number of benzene rings is 1. The molecule has 1 unspecified atom stereocenters. The van der Waals surface area contributed by atoms with Crippen molar-refractivity contribution in [2.45, 2.75) is 20.8 Å². The van der Waals surface area contributed by atoms with E-state index < -0.39 is 0 Å². The van der Waals surface area contributed by atoms with E-state index in [-0.39, 0.29) is 24.2 Å². The highest BCUT2D eigenvalue weighted by molar-refractivity contribution is 5.92. The second kappa shape index (κ2) is 7.30. The predicted octanol–water partition coefficient (Wildman–Crippen LogP) is 2.52. The summed E-state index contributed by atoms with van der Waals surface area (Å²) in [6.45, 7) is 6.70. The number of nitrogens with one attached hydrogen (secondary N) is 2. The third-order valence-electron chi connectivity index (χ3n) is 2.73. The summed E-state index contributed by atoms with van der Waals surface area (Å²) in [5.41, 5.74) is 3.30. The van der Waals surface area contributed by atoms with E-state index in [9.17, 15) is 4.79 Å². The van der Waals surface area contributed by atoms with Gasteiger partial charge in [0.05, 0.1) is 0 Å². The molecule has 1 atom stereocenters. The van der Waals surface area contributed by atoms with Gasteiger partial charge in [-0.2, -0.15) is 0 Å². The molecule has 0 aliphatic rings. The molecule has 1 aromatic carbocycles. The third-order valence-corrected chi connectivity index (χ3v) is 2.73. The minimum Gasteiger partial charge on any atom is -0.326 e. The van der Waals surface area contributed by atoms with Crippen LogP contribution in [0.5, 0.6) is 0 Å². The molecule has 0 bridgehead atoms. The normalized spacial score (nSPS) is 11.5. The fourth-order valence-corrected chi connectivity index (χ4v) is 1.48. The van der Waals surface area contributed by atoms with Gasteiger partial charge in [0.25, 0.3) is 0 Å². The first-order chi connectivity index (χ1) is 7.54. The van der Waals surface area contributed by atoms with Gasteiger partial charge >= 0.3 is 0 Å². The summed E-state index contributed by atoms with van der Waals surface area (Å²) >= 11 is 0. The second-order valence-corrected chi connectivity index (χ2v) is 4.25. The average molecular weight is 257 g/mol. The number of anilines is 1. The summed E-state index contributed by atoms with van der Waals surface area (Å²) in [4.78, 5) is 11.7. The van der Waals surface area contributed by atoms with Crippen molar-refractivity contribution in [1.82, 2.24) is 5.32 Å². The lowest BCUT2D eigenvalue weighted by molar-refractivity contribution is -0.119. The Hall–Kier alpha value is -1.06. The third kappa shape index (κ3) is 4.75. The van der Waals surface area contributed by atoms with Crippen LogP contribution in [0.25, 0.3) is 0 Å². The summed E-state index contributed by atoms with van der Waals surface area (Å²) in [5.74, 6) is 0.0317. The van der Waals surface area contributed by atoms with E-state index in [1.807, 2.05) is 39.1 Å². The maximum Gasteiger partial charge on any atom is 0.228 e. The van der Waals surface area contributed by atoms with Crippen molar-refractivity contribution in [1.29, 1.82) is 0 Å². The van der Waals surface area contributed by atoms with Crippen molar-refractivity contribution in [2.24, 2.45) is 5.92 Å². The van der Waals surface area contributed by atoms with E-state index in [4.69, 9.17) is 0 Å². The fourth-order valence-electron chi connectivity index (χ4n) is 1.48. The van der Waals surface area contributed by atoms with Gasteiger partial charge in [-0.25, -0.2) is 0 Å². The highest BCUT2D eigenvalue weighted by Crippen LogP contribution is 2.14. The highest BCUT2D eigenvalue weighted by Gasteiger charge is 2.11. The van der Waals surface area contributed by atoms with Gasteiger partial charge in [0, 0.05) is 18.2 Å². The molecule has 17 heavy (non-hydrogen) atoms. The highest BCUT2D eigenvalue weighted by atomic mass is 35.5. The predicted molar refractivity (Wildman–Crippen MR) is 74.9 cm³/mol. The number of aryl methyl sites for hydroxylation is 2. The van der Waals surface area contributed by atoms with Crippen molar-refractivity contribution in [3.8, 4) is 0 Å². The zero-order chi connectivity index (χ0) is 12.1. The van der Waals surface area contributed by atoms with Crippen molar-refractivity contribution < 1.29 is 4.79 Å². The molecule has 1 rings (SSSR count). The Balaban J connectivity index is 0.00000256. The van der Waals surface area contributed by atoms with Crippen LogP contribution in [0, 0.1) is 19.8 Å². The first-order valence-corrected chi connectivity index (χ1v) is 5.57. The zero-order valence-electron chi connectivity index (χ0n) is 10.8. The Morgan fingerprint density at radius 3 is 2.47 bits per heavy atom. The van der Waals surface area contributed by atoms with Crippen LogP contribution in [0.4, 0.5) is 5.69 Å². The number of hydrogen-bond acceptors (Lipinski definition) is 2. The van der Waals surface area contributed by atoms with E-state index in [2.05, 4.69) is 17.6 Å². The van der Waals surface area contributed by atoms with Gasteiger partial charge in [0.1, 0.15) is 0 Å². The molecule has 0 fully saturated rings. The Morgan fingerprint density at radius 1 is 1.29 bits per heavy atom. The monoisotopic (exact) mass is 256 g/mol. The maximum atomic E-state index is 11.7. The Bertz CT molecular complexity index is 380. The topological polar surface area (TPSA) is 41.1 Å². The van der Waals surface area contributed by atoms with Crippen molar-refractivity contribution in [3.05, 3.63) is 29.3 Å². The molecule has 4 heteroatoms. The number of hydrogen-bond donors (Lipinski definition) is 2. The zero-order valence-corrected chi connectivity index (χ0v) is 11.6. The minimum atomic E-state index is -0.0217. The number of amides is 1. The SMILES string of the molecule is CNCC(C)C(=O)Nc1ccc(C)c(C)c1.Cl. The molecular weight excluding hydrogens is 236 g/mol. The van der Waals surface area contributed by atoms with Gasteiger partial charge in [-0.05, 0) is 44.2 Å². The van der Waals surface area contributed by atoms with Crippen LogP contribution >= 0.6 is 12.4 Å². The number of carbonyl (C=O) groups excluding carboxylic acids is 1. The van der Waals surface area contributed by atoms with Crippen LogP contribution in [-0.2, 0) is 4.79 Å². The van der Waals surface area contributed by atoms with E-state index in [0.29, 0.717) is 6.54 Å². The summed E-state index contributed by atoms with van der Waals surface area (Å²) in [7, 11) is 1.85. The van der Waals surface area contributed by atoms with Crippen LogP contribution in [0.15, 0.2) is 18.2 Å². The van der Waals surface area contributed by atoms with Gasteiger partial charge in [0.15, 0.2) is 0 Å². The fraction of sp³-hybridized carbons (Fsp3) is 0.462. The van der Waals surface area contributed by atoms with E-state index in [1.165, 1.54) is 11.1 Å². The first-order valence-electron chi connectivity index (χ1n) is 5.57. The van der Waals surface area contributed by atoms with Crippen molar-refractivity contribution in [2.75, 3.05) is 18.9 Å². The quantitative estimate of drug-likeness (QED) is 0.869. The van der Waals surface area contributed by atoms with E-state index in [1.54, 1.807) is 0 Å². The first kappa shape index (κ1) is 15.9. The molecule has 0 radical (unpaired) electrons. The molecule has 0 spiro atoms. The van der Waals surface area contributed by atoms with Crippen LogP contribution in [0.1, 0.15) is 18.1 Å². The lowest BCUT2D eigenvalue weighted by atomic mass is 10.1. The van der Waals surface area contributed by atoms with Gasteiger partial charge in [-0.15, -0.1) is 12.4 Å². The van der Waals surface area contributed by atoms with Gasteiger partial charge in [0.2, 0.25) is 5.91 Å². The van der Waals surface area contributed by atoms with Crippen molar-refractivity contribution >= 4 is 24.0 Å². The lowest BCUT2D eigenvalue weighted by Crippen LogP contribution is -2.28. The average Bonchev–Trinajstić information content (AvgIpc) is 2.24. The molecule has 3 nitrogen and oxygen atoms in total. The van der Waals surface area contributed by atoms with Crippen LogP contribution in [-0.4, -0.2) is 19.5 Å². The Labute approximate surface area is 109 Å². The van der Waals surface area contributed by atoms with Gasteiger partial charge in [-0.3, -0.25) is 4.79 Å². The molecule has 0 saturated heterocycles. The molecule has 2 N–H and O–H groups in total. The number of halogens is 1. The standard InChI is InChI=1S/C13H20N2O.ClH/c1-9-5-6-12(7-10(9)2)15-13(16)11(3)8-14-4;/h5-7,11,14H,8H2,1-4H3,(H,15,16);1H. The summed E-state index contributed by atoms with van der Waals surface area (Å²) < 4.78 is 0. The molecule has 0 aliphatic carbocycles. The largest absolute Gasteiger partial charge is 0.326 e. The van der Waals surface area contributed by atoms with Crippen LogP contribution < -0.4 is 10.6 Å². The summed E-state index contributed by atoms with van der Waals surface area (Å²) in [6.07, 6.45) is 0. The number of rotatable bonds is 4. The Kier molecular flexibility index (Phi) is 6.85. The van der Waals surface area contributed by atoms with Gasteiger partial charge in [-0.1, -0.05) is 13.0 Å². The van der Waals surface area contributed by atoms with E-state index >= 15 is 0 Å².